The summed E-state index contributed by atoms with van der Waals surface area (Å²) in [6, 6.07) is 11.5. The summed E-state index contributed by atoms with van der Waals surface area (Å²) in [5.41, 5.74) is 2.82. The molecule has 0 aliphatic heterocycles. The molecule has 0 aliphatic rings. The Morgan fingerprint density at radius 1 is 1.14 bits per heavy atom. The number of benzene rings is 1. The normalized spacial score (nSPS) is 10.2. The van der Waals surface area contributed by atoms with Crippen LogP contribution in [0.1, 0.15) is 29.3 Å². The van der Waals surface area contributed by atoms with E-state index in [1.54, 1.807) is 17.3 Å². The Morgan fingerprint density at radius 2 is 1.81 bits per heavy atom. The molecule has 0 saturated heterocycles. The summed E-state index contributed by atoms with van der Waals surface area (Å²) in [5, 5.41) is 3.30. The Bertz CT molecular complexity index is 566. The van der Waals surface area contributed by atoms with Crippen LogP contribution in [0.5, 0.6) is 0 Å². The SMILES string of the molecule is CCCNc1ccc(C(=O)N(C)Cc2ccncc2)cc1. The first-order valence-corrected chi connectivity index (χ1v) is 7.19. The van der Waals surface area contributed by atoms with E-state index < -0.39 is 0 Å². The van der Waals surface area contributed by atoms with Crippen LogP contribution in [-0.2, 0) is 6.54 Å². The van der Waals surface area contributed by atoms with Gasteiger partial charge in [-0.1, -0.05) is 6.92 Å². The molecule has 1 N–H and O–H groups in total. The van der Waals surface area contributed by atoms with Crippen LogP contribution in [-0.4, -0.2) is 29.4 Å². The van der Waals surface area contributed by atoms with Gasteiger partial charge in [-0.25, -0.2) is 0 Å². The summed E-state index contributed by atoms with van der Waals surface area (Å²) in [6.07, 6.45) is 4.55. The molecule has 2 rings (SSSR count). The van der Waals surface area contributed by atoms with Crippen molar-refractivity contribution in [3.63, 3.8) is 0 Å². The molecule has 1 amide bonds. The molecule has 4 nitrogen and oxygen atoms in total. The predicted octanol–water partition coefficient (Wildman–Crippen LogP) is 3.18. The second-order valence-electron chi connectivity index (χ2n) is 5.02. The van der Waals surface area contributed by atoms with Crippen molar-refractivity contribution in [2.75, 3.05) is 18.9 Å². The van der Waals surface area contributed by atoms with Crippen molar-refractivity contribution in [3.05, 3.63) is 59.9 Å². The third kappa shape index (κ3) is 4.31. The molecule has 0 saturated carbocycles. The zero-order chi connectivity index (χ0) is 15.1. The van der Waals surface area contributed by atoms with E-state index in [-0.39, 0.29) is 5.91 Å². The first-order valence-electron chi connectivity index (χ1n) is 7.19. The maximum atomic E-state index is 12.4. The molecule has 2 aromatic rings. The van der Waals surface area contributed by atoms with Crippen LogP contribution in [0.4, 0.5) is 5.69 Å². The minimum atomic E-state index is 0.0221. The standard InChI is InChI=1S/C17H21N3O/c1-3-10-19-16-6-4-15(5-7-16)17(21)20(2)13-14-8-11-18-12-9-14/h4-9,11-12,19H,3,10,13H2,1-2H3. The Labute approximate surface area is 125 Å². The third-order valence-electron chi connectivity index (χ3n) is 3.23. The van der Waals surface area contributed by atoms with Crippen molar-refractivity contribution in [1.29, 1.82) is 0 Å². The third-order valence-corrected chi connectivity index (χ3v) is 3.23. The Hall–Kier alpha value is -2.36. The maximum absolute atomic E-state index is 12.4. The summed E-state index contributed by atoms with van der Waals surface area (Å²) in [7, 11) is 1.81. The summed E-state index contributed by atoms with van der Waals surface area (Å²) in [4.78, 5) is 18.1. The second kappa shape index (κ2) is 7.43. The van der Waals surface area contributed by atoms with Crippen molar-refractivity contribution < 1.29 is 4.79 Å². The smallest absolute Gasteiger partial charge is 0.253 e. The van der Waals surface area contributed by atoms with Crippen molar-refractivity contribution in [3.8, 4) is 0 Å². The minimum Gasteiger partial charge on any atom is -0.385 e. The lowest BCUT2D eigenvalue weighted by atomic mass is 10.1. The number of aromatic nitrogens is 1. The summed E-state index contributed by atoms with van der Waals surface area (Å²) >= 11 is 0. The average Bonchev–Trinajstić information content (AvgIpc) is 2.53. The number of pyridine rings is 1. The number of nitrogens with one attached hydrogen (secondary N) is 1. The van der Waals surface area contributed by atoms with E-state index in [9.17, 15) is 4.79 Å². The van der Waals surface area contributed by atoms with E-state index >= 15 is 0 Å². The molecule has 1 aromatic heterocycles. The number of amides is 1. The van der Waals surface area contributed by atoms with Gasteiger partial charge in [0.1, 0.15) is 0 Å². The van der Waals surface area contributed by atoms with Gasteiger partial charge in [-0.3, -0.25) is 9.78 Å². The van der Waals surface area contributed by atoms with Crippen molar-refractivity contribution in [2.45, 2.75) is 19.9 Å². The van der Waals surface area contributed by atoms with Crippen LogP contribution in [0, 0.1) is 0 Å². The monoisotopic (exact) mass is 283 g/mol. The van der Waals surface area contributed by atoms with Gasteiger partial charge >= 0.3 is 0 Å². The van der Waals surface area contributed by atoms with Gasteiger partial charge in [-0.05, 0) is 48.4 Å². The van der Waals surface area contributed by atoms with E-state index in [4.69, 9.17) is 0 Å². The Balaban J connectivity index is 1.98. The predicted molar refractivity (Wildman–Crippen MR) is 85.3 cm³/mol. The maximum Gasteiger partial charge on any atom is 0.253 e. The molecule has 0 radical (unpaired) electrons. The number of carbonyl (C=O) groups excluding carboxylic acids is 1. The molecule has 0 fully saturated rings. The molecule has 0 spiro atoms. The largest absolute Gasteiger partial charge is 0.385 e. The first kappa shape index (κ1) is 15.0. The number of rotatable bonds is 6. The highest BCUT2D eigenvalue weighted by Crippen LogP contribution is 2.12. The first-order chi connectivity index (χ1) is 10.2. The van der Waals surface area contributed by atoms with Gasteiger partial charge in [0.15, 0.2) is 0 Å². The molecular weight excluding hydrogens is 262 g/mol. The van der Waals surface area contributed by atoms with E-state index in [0.29, 0.717) is 12.1 Å². The molecule has 1 aromatic carbocycles. The zero-order valence-corrected chi connectivity index (χ0v) is 12.5. The topological polar surface area (TPSA) is 45.2 Å². The van der Waals surface area contributed by atoms with Gasteiger partial charge in [-0.2, -0.15) is 0 Å². The number of anilines is 1. The highest BCUT2D eigenvalue weighted by molar-refractivity contribution is 5.94. The molecule has 0 bridgehead atoms. The van der Waals surface area contributed by atoms with Crippen molar-refractivity contribution in [2.24, 2.45) is 0 Å². The highest BCUT2D eigenvalue weighted by atomic mass is 16.2. The quantitative estimate of drug-likeness (QED) is 0.885. The van der Waals surface area contributed by atoms with E-state index in [2.05, 4.69) is 17.2 Å². The number of hydrogen-bond donors (Lipinski definition) is 1. The fourth-order valence-electron chi connectivity index (χ4n) is 2.05. The molecule has 1 heterocycles. The fourth-order valence-corrected chi connectivity index (χ4v) is 2.05. The van der Waals surface area contributed by atoms with Gasteiger partial charge in [0, 0.05) is 43.8 Å². The molecule has 21 heavy (non-hydrogen) atoms. The highest BCUT2D eigenvalue weighted by Gasteiger charge is 2.11. The van der Waals surface area contributed by atoms with Gasteiger partial charge in [0.05, 0.1) is 0 Å². The average molecular weight is 283 g/mol. The summed E-state index contributed by atoms with van der Waals surface area (Å²) in [5.74, 6) is 0.0221. The molecule has 110 valence electrons. The van der Waals surface area contributed by atoms with Crippen LogP contribution in [0.3, 0.4) is 0 Å². The lowest BCUT2D eigenvalue weighted by molar-refractivity contribution is 0.0785. The van der Waals surface area contributed by atoms with Gasteiger partial charge in [-0.15, -0.1) is 0 Å². The Morgan fingerprint density at radius 3 is 2.43 bits per heavy atom. The molecular formula is C17H21N3O. The number of nitrogens with zero attached hydrogens (tertiary/aromatic N) is 2. The zero-order valence-electron chi connectivity index (χ0n) is 12.5. The molecule has 0 atom stereocenters. The van der Waals surface area contributed by atoms with E-state index in [1.807, 2.05) is 43.4 Å². The van der Waals surface area contributed by atoms with Gasteiger partial charge in [0.25, 0.3) is 5.91 Å². The van der Waals surface area contributed by atoms with E-state index in [0.717, 1.165) is 24.2 Å². The summed E-state index contributed by atoms with van der Waals surface area (Å²) in [6.45, 7) is 3.64. The molecule has 0 unspecified atom stereocenters. The molecule has 4 heteroatoms. The van der Waals surface area contributed by atoms with Crippen LogP contribution in [0.15, 0.2) is 48.8 Å². The lowest BCUT2D eigenvalue weighted by Gasteiger charge is -2.17. The number of hydrogen-bond acceptors (Lipinski definition) is 3. The van der Waals surface area contributed by atoms with Crippen LogP contribution >= 0.6 is 0 Å². The Kier molecular flexibility index (Phi) is 5.32. The van der Waals surface area contributed by atoms with Gasteiger partial charge in [0.2, 0.25) is 0 Å². The second-order valence-corrected chi connectivity index (χ2v) is 5.02. The van der Waals surface area contributed by atoms with Gasteiger partial charge < -0.3 is 10.2 Å². The summed E-state index contributed by atoms with van der Waals surface area (Å²) < 4.78 is 0. The van der Waals surface area contributed by atoms with Crippen LogP contribution in [0.25, 0.3) is 0 Å². The minimum absolute atomic E-state index is 0.0221. The fraction of sp³-hybridized carbons (Fsp3) is 0.294. The lowest BCUT2D eigenvalue weighted by Crippen LogP contribution is -2.26. The van der Waals surface area contributed by atoms with E-state index in [1.165, 1.54) is 0 Å². The van der Waals surface area contributed by atoms with Crippen molar-refractivity contribution >= 4 is 11.6 Å². The number of carbonyl (C=O) groups is 1. The van der Waals surface area contributed by atoms with Crippen LogP contribution < -0.4 is 5.32 Å². The molecule has 0 aliphatic carbocycles. The van der Waals surface area contributed by atoms with Crippen LogP contribution in [0.2, 0.25) is 0 Å². The van der Waals surface area contributed by atoms with Crippen molar-refractivity contribution in [1.82, 2.24) is 9.88 Å².